The molecular weight excluding hydrogens is 469 g/mol. The second kappa shape index (κ2) is 15.6. The van der Waals surface area contributed by atoms with Crippen molar-refractivity contribution in [2.45, 2.75) is 38.8 Å². The van der Waals surface area contributed by atoms with E-state index in [1.165, 1.54) is 0 Å². The SMILES string of the molecule is C=CCOc1ccccc1CN=C(NCC)NCCCOCC1CCCO1.I. The first-order valence-corrected chi connectivity index (χ1v) is 9.86. The minimum Gasteiger partial charge on any atom is -0.489 e. The van der Waals surface area contributed by atoms with Gasteiger partial charge in [-0.1, -0.05) is 30.9 Å². The Morgan fingerprint density at radius 3 is 2.96 bits per heavy atom. The summed E-state index contributed by atoms with van der Waals surface area (Å²) < 4.78 is 16.9. The lowest BCUT2D eigenvalue weighted by Gasteiger charge is -2.13. The van der Waals surface area contributed by atoms with Gasteiger partial charge in [0.15, 0.2) is 5.96 Å². The molecule has 1 aromatic rings. The van der Waals surface area contributed by atoms with Crippen LogP contribution in [0, 0.1) is 0 Å². The standard InChI is InChI=1S/C21H33N3O3.HI/c1-3-13-27-20-11-6-5-9-18(20)16-24-21(22-4-2)23-12-8-14-25-17-19-10-7-15-26-19;/h3,5-6,9,11,19H,1,4,7-8,10,12-17H2,2H3,(H2,22,23,24);1H. The number of hydrogen-bond acceptors (Lipinski definition) is 4. The maximum Gasteiger partial charge on any atom is 0.191 e. The zero-order valence-corrected chi connectivity index (χ0v) is 19.2. The summed E-state index contributed by atoms with van der Waals surface area (Å²) in [5, 5.41) is 6.62. The number of hydrogen-bond donors (Lipinski definition) is 2. The number of benzene rings is 1. The van der Waals surface area contributed by atoms with E-state index in [-0.39, 0.29) is 24.0 Å². The zero-order valence-electron chi connectivity index (χ0n) is 16.8. The lowest BCUT2D eigenvalue weighted by Crippen LogP contribution is -2.38. The van der Waals surface area contributed by atoms with Crippen LogP contribution in [0.25, 0.3) is 0 Å². The molecule has 1 unspecified atom stereocenters. The van der Waals surface area contributed by atoms with Gasteiger partial charge in [0.1, 0.15) is 12.4 Å². The maximum atomic E-state index is 5.69. The van der Waals surface area contributed by atoms with Crippen molar-refractivity contribution in [1.82, 2.24) is 10.6 Å². The smallest absolute Gasteiger partial charge is 0.191 e. The van der Waals surface area contributed by atoms with Crippen LogP contribution in [0.5, 0.6) is 5.75 Å². The van der Waals surface area contributed by atoms with Crippen LogP contribution in [0.1, 0.15) is 31.7 Å². The summed E-state index contributed by atoms with van der Waals surface area (Å²) in [6.07, 6.45) is 5.23. The highest BCUT2D eigenvalue weighted by Gasteiger charge is 2.14. The molecule has 1 atom stereocenters. The summed E-state index contributed by atoms with van der Waals surface area (Å²) in [6, 6.07) is 7.95. The molecule has 0 aromatic heterocycles. The highest BCUT2D eigenvalue weighted by molar-refractivity contribution is 14.0. The Labute approximate surface area is 186 Å². The summed E-state index contributed by atoms with van der Waals surface area (Å²) in [4.78, 5) is 4.66. The van der Waals surface area contributed by atoms with Crippen molar-refractivity contribution in [1.29, 1.82) is 0 Å². The van der Waals surface area contributed by atoms with E-state index in [1.54, 1.807) is 6.08 Å². The fourth-order valence-corrected chi connectivity index (χ4v) is 2.80. The van der Waals surface area contributed by atoms with E-state index in [9.17, 15) is 0 Å². The molecule has 0 bridgehead atoms. The van der Waals surface area contributed by atoms with Gasteiger partial charge in [-0.25, -0.2) is 4.99 Å². The van der Waals surface area contributed by atoms with E-state index in [0.29, 0.717) is 25.9 Å². The van der Waals surface area contributed by atoms with E-state index in [2.05, 4.69) is 29.1 Å². The third-order valence-electron chi connectivity index (χ3n) is 4.17. The van der Waals surface area contributed by atoms with Crippen LogP contribution >= 0.6 is 24.0 Å². The normalized spacial score (nSPS) is 16.3. The van der Waals surface area contributed by atoms with Crippen molar-refractivity contribution in [3.63, 3.8) is 0 Å². The monoisotopic (exact) mass is 503 g/mol. The summed E-state index contributed by atoms with van der Waals surface area (Å²) in [5.74, 6) is 1.65. The molecule has 158 valence electrons. The number of para-hydroxylation sites is 1. The maximum absolute atomic E-state index is 5.69. The molecule has 0 amide bonds. The summed E-state index contributed by atoms with van der Waals surface area (Å²) in [6.45, 7) is 10.7. The number of aliphatic imine (C=N–C) groups is 1. The zero-order chi connectivity index (χ0) is 19.2. The molecule has 1 heterocycles. The molecule has 1 fully saturated rings. The Kier molecular flexibility index (Phi) is 13.8. The van der Waals surface area contributed by atoms with Crippen molar-refractivity contribution in [3.8, 4) is 5.75 Å². The average molecular weight is 503 g/mol. The van der Waals surface area contributed by atoms with Crippen LogP contribution in [0.3, 0.4) is 0 Å². The van der Waals surface area contributed by atoms with Crippen LogP contribution < -0.4 is 15.4 Å². The van der Waals surface area contributed by atoms with E-state index < -0.39 is 0 Å². The second-order valence-corrected chi connectivity index (χ2v) is 6.39. The summed E-state index contributed by atoms with van der Waals surface area (Å²) in [7, 11) is 0. The predicted octanol–water partition coefficient (Wildman–Crippen LogP) is 3.51. The quantitative estimate of drug-likeness (QED) is 0.150. The summed E-state index contributed by atoms with van der Waals surface area (Å²) >= 11 is 0. The number of halogens is 1. The molecule has 1 aliphatic rings. The molecular formula is C21H34IN3O3. The first-order chi connectivity index (χ1) is 13.3. The molecule has 1 saturated heterocycles. The second-order valence-electron chi connectivity index (χ2n) is 6.39. The topological polar surface area (TPSA) is 64.1 Å². The third kappa shape index (κ3) is 9.75. The van der Waals surface area contributed by atoms with Crippen LogP contribution in [-0.4, -0.2) is 51.6 Å². The van der Waals surface area contributed by atoms with Gasteiger partial charge in [-0.2, -0.15) is 0 Å². The number of rotatable bonds is 12. The third-order valence-corrected chi connectivity index (χ3v) is 4.17. The van der Waals surface area contributed by atoms with Gasteiger partial charge < -0.3 is 24.8 Å². The fourth-order valence-electron chi connectivity index (χ4n) is 2.80. The molecule has 1 aliphatic heterocycles. The van der Waals surface area contributed by atoms with E-state index in [4.69, 9.17) is 14.2 Å². The number of nitrogens with zero attached hydrogens (tertiary/aromatic N) is 1. The number of guanidine groups is 1. The van der Waals surface area contributed by atoms with Gasteiger partial charge in [0, 0.05) is 31.9 Å². The van der Waals surface area contributed by atoms with Gasteiger partial charge in [0.25, 0.3) is 0 Å². The lowest BCUT2D eigenvalue weighted by molar-refractivity contribution is 0.0168. The van der Waals surface area contributed by atoms with Gasteiger partial charge in [0.2, 0.25) is 0 Å². The van der Waals surface area contributed by atoms with E-state index >= 15 is 0 Å². The first-order valence-electron chi connectivity index (χ1n) is 9.86. The molecule has 0 spiro atoms. The average Bonchev–Trinajstić information content (AvgIpc) is 3.21. The first kappa shape index (κ1) is 24.7. The van der Waals surface area contributed by atoms with Crippen molar-refractivity contribution in [3.05, 3.63) is 42.5 Å². The van der Waals surface area contributed by atoms with Crippen molar-refractivity contribution < 1.29 is 14.2 Å². The number of nitrogens with one attached hydrogen (secondary N) is 2. The Morgan fingerprint density at radius 2 is 2.21 bits per heavy atom. The van der Waals surface area contributed by atoms with Crippen LogP contribution in [0.2, 0.25) is 0 Å². The highest BCUT2D eigenvalue weighted by Crippen LogP contribution is 2.18. The molecule has 6 nitrogen and oxygen atoms in total. The summed E-state index contributed by atoms with van der Waals surface area (Å²) in [5.41, 5.74) is 1.05. The largest absolute Gasteiger partial charge is 0.489 e. The van der Waals surface area contributed by atoms with E-state index in [0.717, 1.165) is 62.8 Å². The molecule has 2 N–H and O–H groups in total. The highest BCUT2D eigenvalue weighted by atomic mass is 127. The van der Waals surface area contributed by atoms with Crippen LogP contribution in [0.4, 0.5) is 0 Å². The van der Waals surface area contributed by atoms with Gasteiger partial charge >= 0.3 is 0 Å². The fraction of sp³-hybridized carbons (Fsp3) is 0.571. The van der Waals surface area contributed by atoms with Gasteiger partial charge in [-0.3, -0.25) is 0 Å². The van der Waals surface area contributed by atoms with Gasteiger partial charge in [-0.05, 0) is 32.3 Å². The van der Waals surface area contributed by atoms with Crippen LogP contribution in [-0.2, 0) is 16.0 Å². The molecule has 28 heavy (non-hydrogen) atoms. The molecule has 0 saturated carbocycles. The molecule has 1 aromatic carbocycles. The van der Waals surface area contributed by atoms with Gasteiger partial charge in [-0.15, -0.1) is 24.0 Å². The Bertz CT molecular complexity index is 578. The molecule has 7 heteroatoms. The minimum absolute atomic E-state index is 0. The Balaban J connectivity index is 0.00000392. The Morgan fingerprint density at radius 1 is 1.36 bits per heavy atom. The van der Waals surface area contributed by atoms with Crippen molar-refractivity contribution >= 4 is 29.9 Å². The molecule has 2 rings (SSSR count). The lowest BCUT2D eigenvalue weighted by atomic mass is 10.2. The van der Waals surface area contributed by atoms with Crippen molar-refractivity contribution in [2.75, 3.05) is 39.5 Å². The Hall–Kier alpha value is -1.32. The minimum atomic E-state index is 0. The van der Waals surface area contributed by atoms with E-state index in [1.807, 2.05) is 24.3 Å². The molecule has 0 aliphatic carbocycles. The predicted molar refractivity (Wildman–Crippen MR) is 125 cm³/mol. The van der Waals surface area contributed by atoms with Crippen molar-refractivity contribution in [2.24, 2.45) is 4.99 Å². The van der Waals surface area contributed by atoms with Gasteiger partial charge in [0.05, 0.1) is 19.3 Å². The van der Waals surface area contributed by atoms with Crippen LogP contribution in [0.15, 0.2) is 41.9 Å². The molecule has 0 radical (unpaired) electrons. The number of ether oxygens (including phenoxy) is 3.